The summed E-state index contributed by atoms with van der Waals surface area (Å²) < 4.78 is 0. The summed E-state index contributed by atoms with van der Waals surface area (Å²) in [6.07, 6.45) is 0. The predicted molar refractivity (Wildman–Crippen MR) is 27.0 cm³/mol. The van der Waals surface area contributed by atoms with Gasteiger partial charge in [0.2, 0.25) is 0 Å². The van der Waals surface area contributed by atoms with Gasteiger partial charge in [-0.2, -0.15) is 0 Å². The molecule has 48 valence electrons. The van der Waals surface area contributed by atoms with Gasteiger partial charge in [-0.1, -0.05) is 0 Å². The number of amides is 1. The first kappa shape index (κ1) is 9.95. The number of nitrogens with two attached hydrogens (primary N) is 1. The van der Waals surface area contributed by atoms with Gasteiger partial charge in [-0.3, -0.25) is 14.9 Å². The predicted octanol–water partition coefficient (Wildman–Crippen LogP) is -0.875. The zero-order valence-electron chi connectivity index (χ0n) is 4.46. The third kappa shape index (κ3) is 8.85. The van der Waals surface area contributed by atoms with E-state index in [0.29, 0.717) is 0 Å². The van der Waals surface area contributed by atoms with Gasteiger partial charge in [0.1, 0.15) is 0 Å². The highest BCUT2D eigenvalue weighted by Gasteiger charge is 2.00. The molecule has 0 unspecified atom stereocenters. The Hall–Kier alpha value is -1.17. The normalized spacial score (nSPS) is 7.00. The summed E-state index contributed by atoms with van der Waals surface area (Å²) in [5, 5.41) is 9.31. The van der Waals surface area contributed by atoms with E-state index in [0.717, 1.165) is 0 Å². The van der Waals surface area contributed by atoms with Crippen molar-refractivity contribution in [2.75, 3.05) is 6.54 Å². The molecule has 0 spiro atoms. The van der Waals surface area contributed by atoms with Crippen LogP contribution in [0, 0.1) is 10.1 Å². The van der Waals surface area contributed by atoms with Gasteiger partial charge >= 0.3 is 0 Å². The van der Waals surface area contributed by atoms with E-state index >= 15 is 0 Å². The van der Waals surface area contributed by atoms with Gasteiger partial charge in [0, 0.05) is 4.92 Å². The van der Waals surface area contributed by atoms with Crippen molar-refractivity contribution in [3.63, 3.8) is 0 Å². The van der Waals surface area contributed by atoms with E-state index < -0.39 is 17.4 Å². The number of rotatable bonds is 2. The van der Waals surface area contributed by atoms with E-state index in [2.05, 4.69) is 5.73 Å². The Morgan fingerprint density at radius 2 is 2.12 bits per heavy atom. The number of hydrogen-bond acceptors (Lipinski definition) is 3. The number of carbonyl (C=O) groups excluding carboxylic acids is 1. The van der Waals surface area contributed by atoms with Crippen molar-refractivity contribution >= 4 is 5.91 Å². The second kappa shape index (κ2) is 4.00. The molecule has 1 amide bonds. The van der Waals surface area contributed by atoms with Gasteiger partial charge < -0.3 is 11.9 Å². The lowest BCUT2D eigenvalue weighted by Gasteiger charge is -1.81. The molecule has 6 heteroatoms. The van der Waals surface area contributed by atoms with Crippen molar-refractivity contribution in [2.24, 2.45) is 5.73 Å². The summed E-state index contributed by atoms with van der Waals surface area (Å²) in [6.45, 7) is -0.778. The Morgan fingerprint density at radius 1 is 1.75 bits per heavy atom. The minimum absolute atomic E-state index is 0. The second-order valence-corrected chi connectivity index (χ2v) is 0.957. The smallest absolute Gasteiger partial charge is 0.289 e. The molecule has 0 heterocycles. The third-order valence-corrected chi connectivity index (χ3v) is 0.285. The number of carbonyl (C=O) groups is 1. The molecule has 0 atom stereocenters. The average molecular weight is 122 g/mol. The Balaban J connectivity index is 0. The lowest BCUT2D eigenvalue weighted by Crippen LogP contribution is -2.21. The third-order valence-electron chi connectivity index (χ3n) is 0.285. The highest BCUT2D eigenvalue weighted by molar-refractivity contribution is 5.74. The fraction of sp³-hybridized carbons (Fsp3) is 0.500. The Kier molecular flexibility index (Phi) is 4.98. The van der Waals surface area contributed by atoms with E-state index in [1.165, 1.54) is 0 Å². The first-order valence-electron chi connectivity index (χ1n) is 1.53. The number of quaternary nitrogens is 1. The van der Waals surface area contributed by atoms with Crippen LogP contribution in [-0.2, 0) is 4.79 Å². The van der Waals surface area contributed by atoms with Gasteiger partial charge in [-0.25, -0.2) is 0 Å². The molecule has 0 aromatic heterocycles. The summed E-state index contributed by atoms with van der Waals surface area (Å²) in [5.41, 5.74) is 4.41. The Bertz CT molecular complexity index is 88.7. The maximum Gasteiger partial charge on any atom is 0.289 e. The molecule has 0 aliphatic carbocycles. The highest BCUT2D eigenvalue weighted by atomic mass is 16.6. The lowest BCUT2D eigenvalue weighted by molar-refractivity contribution is -0.467. The van der Waals surface area contributed by atoms with Gasteiger partial charge in [0.05, 0.1) is 0 Å². The first-order chi connectivity index (χ1) is 3.13. The molecule has 6 nitrogen and oxygen atoms in total. The molecular weight excluding hydrogens is 114 g/mol. The molecule has 0 radical (unpaired) electrons. The largest absolute Gasteiger partial charge is 0.369 e. The van der Waals surface area contributed by atoms with Crippen LogP contribution in [0.4, 0.5) is 0 Å². The molecule has 0 saturated heterocycles. The van der Waals surface area contributed by atoms with Gasteiger partial charge in [-0.15, -0.1) is 0 Å². The van der Waals surface area contributed by atoms with E-state index in [1.54, 1.807) is 0 Å². The molecular formula is C2H8N3O3+. The summed E-state index contributed by atoms with van der Waals surface area (Å²) in [6, 6.07) is 0. The van der Waals surface area contributed by atoms with E-state index in [9.17, 15) is 14.9 Å². The van der Waals surface area contributed by atoms with E-state index in [-0.39, 0.29) is 6.15 Å². The number of hydrogen-bond donors (Lipinski definition) is 2. The quantitative estimate of drug-likeness (QED) is 0.365. The monoisotopic (exact) mass is 122 g/mol. The molecule has 6 N–H and O–H groups in total. The number of nitrogens with zero attached hydrogens (tertiary/aromatic N) is 1. The van der Waals surface area contributed by atoms with Crippen molar-refractivity contribution in [3.8, 4) is 0 Å². The van der Waals surface area contributed by atoms with Crippen molar-refractivity contribution in [1.29, 1.82) is 0 Å². The van der Waals surface area contributed by atoms with Crippen molar-refractivity contribution in [3.05, 3.63) is 10.1 Å². The molecule has 0 aliphatic heterocycles. The topological polar surface area (TPSA) is 123 Å². The Labute approximate surface area is 45.4 Å². The lowest BCUT2D eigenvalue weighted by atomic mass is 10.7. The molecule has 0 rings (SSSR count). The summed E-state index contributed by atoms with van der Waals surface area (Å²) >= 11 is 0. The molecule has 0 fully saturated rings. The van der Waals surface area contributed by atoms with E-state index in [1.807, 2.05) is 0 Å². The second-order valence-electron chi connectivity index (χ2n) is 0.957. The maximum atomic E-state index is 9.59. The minimum atomic E-state index is -0.912. The molecule has 0 aromatic rings. The van der Waals surface area contributed by atoms with Crippen LogP contribution in [0.3, 0.4) is 0 Å². The van der Waals surface area contributed by atoms with Crippen molar-refractivity contribution < 1.29 is 9.72 Å². The van der Waals surface area contributed by atoms with Crippen molar-refractivity contribution in [1.82, 2.24) is 6.15 Å². The van der Waals surface area contributed by atoms with Crippen molar-refractivity contribution in [2.45, 2.75) is 0 Å². The van der Waals surface area contributed by atoms with Gasteiger partial charge in [0.15, 0.2) is 0 Å². The zero-order chi connectivity index (χ0) is 5.86. The summed E-state index contributed by atoms with van der Waals surface area (Å²) in [4.78, 5) is 18.1. The van der Waals surface area contributed by atoms with Crippen LogP contribution >= 0.6 is 0 Å². The standard InChI is InChI=1S/C2H4N2O3.H3N/c3-2(5)1-4(6)7;/h1H2,(H2,3,5);1H3/p+1. The van der Waals surface area contributed by atoms with E-state index in [4.69, 9.17) is 0 Å². The molecule has 0 aromatic carbocycles. The van der Waals surface area contributed by atoms with Crippen LogP contribution in [0.25, 0.3) is 0 Å². The zero-order valence-corrected chi connectivity index (χ0v) is 4.46. The summed E-state index contributed by atoms with van der Waals surface area (Å²) in [7, 11) is 0. The highest BCUT2D eigenvalue weighted by Crippen LogP contribution is 1.61. The number of primary amides is 1. The fourth-order valence-electron chi connectivity index (χ4n) is 0.127. The fourth-order valence-corrected chi connectivity index (χ4v) is 0.127. The molecule has 0 aliphatic rings. The molecule has 0 bridgehead atoms. The van der Waals surface area contributed by atoms with Crippen LogP contribution in [0.2, 0.25) is 0 Å². The van der Waals surface area contributed by atoms with Gasteiger partial charge in [-0.05, 0) is 0 Å². The average Bonchev–Trinajstić information content (AvgIpc) is 1.27. The minimum Gasteiger partial charge on any atom is -0.369 e. The van der Waals surface area contributed by atoms with Crippen LogP contribution in [-0.4, -0.2) is 17.4 Å². The first-order valence-corrected chi connectivity index (χ1v) is 1.53. The number of nitro groups is 1. The molecule has 0 saturated carbocycles. The SMILES string of the molecule is NC(=O)C[N+](=O)[O-].[NH4+]. The summed E-state index contributed by atoms with van der Waals surface area (Å²) in [5.74, 6) is -0.912. The van der Waals surface area contributed by atoms with Crippen LogP contribution in [0.1, 0.15) is 0 Å². The van der Waals surface area contributed by atoms with Crippen LogP contribution in [0.5, 0.6) is 0 Å². The van der Waals surface area contributed by atoms with Gasteiger partial charge in [0.25, 0.3) is 12.5 Å². The Morgan fingerprint density at radius 3 is 2.12 bits per heavy atom. The maximum absolute atomic E-state index is 9.59. The van der Waals surface area contributed by atoms with Crippen LogP contribution in [0.15, 0.2) is 0 Å². The van der Waals surface area contributed by atoms with Crippen LogP contribution < -0.4 is 11.9 Å². The molecule has 8 heavy (non-hydrogen) atoms.